The maximum absolute atomic E-state index is 13.2. The second-order valence-corrected chi connectivity index (χ2v) is 6.01. The Labute approximate surface area is 145 Å². The van der Waals surface area contributed by atoms with Crippen molar-refractivity contribution < 1.29 is 18.3 Å². The quantitative estimate of drug-likeness (QED) is 0.871. The molecule has 0 aliphatic rings. The highest BCUT2D eigenvalue weighted by Crippen LogP contribution is 2.17. The molecule has 0 saturated carbocycles. The molecule has 0 aliphatic heterocycles. The fraction of sp³-hybridized carbons (Fsp3) is 0.333. The van der Waals surface area contributed by atoms with Crippen molar-refractivity contribution in [2.24, 2.45) is 5.73 Å². The summed E-state index contributed by atoms with van der Waals surface area (Å²) < 4.78 is 31.9. The van der Waals surface area contributed by atoms with Crippen LogP contribution in [0.25, 0.3) is 0 Å². The monoisotopic (exact) mass is 349 g/mol. The third-order valence-corrected chi connectivity index (χ3v) is 3.49. The van der Waals surface area contributed by atoms with Crippen LogP contribution in [0, 0.1) is 11.6 Å². The summed E-state index contributed by atoms with van der Waals surface area (Å²) in [7, 11) is 1.56. The highest BCUT2D eigenvalue weighted by molar-refractivity contribution is 5.96. The summed E-state index contributed by atoms with van der Waals surface area (Å²) in [6.07, 6.45) is 1.53. The topological polar surface area (TPSA) is 68.5 Å². The van der Waals surface area contributed by atoms with Gasteiger partial charge in [-0.25, -0.2) is 13.8 Å². The Hall–Kier alpha value is -2.54. The van der Waals surface area contributed by atoms with Gasteiger partial charge in [-0.2, -0.15) is 0 Å². The van der Waals surface area contributed by atoms with Gasteiger partial charge in [0.05, 0.1) is 24.0 Å². The highest BCUT2D eigenvalue weighted by atomic mass is 19.1. The van der Waals surface area contributed by atoms with E-state index in [2.05, 4.69) is 4.98 Å². The average molecular weight is 349 g/mol. The van der Waals surface area contributed by atoms with Crippen molar-refractivity contribution in [1.82, 2.24) is 4.98 Å². The van der Waals surface area contributed by atoms with Crippen LogP contribution in [0.2, 0.25) is 0 Å². The summed E-state index contributed by atoms with van der Waals surface area (Å²) in [6.45, 7) is 3.78. The number of anilines is 1. The molecule has 1 heterocycles. The molecule has 0 radical (unpaired) electrons. The zero-order valence-corrected chi connectivity index (χ0v) is 14.4. The van der Waals surface area contributed by atoms with E-state index in [1.807, 2.05) is 13.8 Å². The van der Waals surface area contributed by atoms with Crippen molar-refractivity contribution in [3.8, 4) is 5.88 Å². The number of pyridine rings is 1. The Kier molecular flexibility index (Phi) is 6.03. The number of nitrogens with two attached hydrogens (primary N) is 1. The second-order valence-electron chi connectivity index (χ2n) is 6.01. The predicted molar refractivity (Wildman–Crippen MR) is 91.4 cm³/mol. The Balaban J connectivity index is 2.05. The molecule has 7 heteroatoms. The number of carbonyl (C=O) groups is 1. The van der Waals surface area contributed by atoms with Crippen LogP contribution in [0.5, 0.6) is 5.88 Å². The molecule has 2 aromatic rings. The standard InChI is InChI=1S/C18H21F2N3O2/c1-11(2)25-17-5-4-15(10-22-17)23(3)18(24)16(21)8-12-6-13(19)9-14(20)7-12/h4-7,9-11,16H,8,21H2,1-3H3/t16-/m0/s1. The van der Waals surface area contributed by atoms with Gasteiger partial charge >= 0.3 is 0 Å². The molecule has 5 nitrogen and oxygen atoms in total. The first kappa shape index (κ1) is 18.8. The Bertz CT molecular complexity index is 715. The molecular formula is C18H21F2N3O2. The number of nitrogens with zero attached hydrogens (tertiary/aromatic N) is 2. The lowest BCUT2D eigenvalue weighted by atomic mass is 10.1. The van der Waals surface area contributed by atoms with Crippen molar-refractivity contribution in [3.63, 3.8) is 0 Å². The first-order valence-electron chi connectivity index (χ1n) is 7.87. The van der Waals surface area contributed by atoms with Gasteiger partial charge in [0, 0.05) is 19.2 Å². The molecule has 0 fully saturated rings. The molecule has 0 spiro atoms. The van der Waals surface area contributed by atoms with Crippen molar-refractivity contribution in [2.45, 2.75) is 32.4 Å². The second kappa shape index (κ2) is 8.02. The zero-order valence-electron chi connectivity index (χ0n) is 14.4. The van der Waals surface area contributed by atoms with Crippen LogP contribution >= 0.6 is 0 Å². The Morgan fingerprint density at radius 1 is 1.24 bits per heavy atom. The number of benzene rings is 1. The lowest BCUT2D eigenvalue weighted by Gasteiger charge is -2.21. The lowest BCUT2D eigenvalue weighted by molar-refractivity contribution is -0.119. The molecular weight excluding hydrogens is 328 g/mol. The number of aromatic nitrogens is 1. The predicted octanol–water partition coefficient (Wildman–Crippen LogP) is 2.68. The molecule has 1 amide bonds. The van der Waals surface area contributed by atoms with Gasteiger partial charge in [-0.3, -0.25) is 4.79 Å². The first-order valence-corrected chi connectivity index (χ1v) is 7.87. The van der Waals surface area contributed by atoms with Crippen molar-refractivity contribution in [2.75, 3.05) is 11.9 Å². The van der Waals surface area contributed by atoms with Crippen molar-refractivity contribution in [3.05, 3.63) is 53.7 Å². The number of likely N-dealkylation sites (N-methyl/N-ethyl adjacent to an activating group) is 1. The van der Waals surface area contributed by atoms with E-state index >= 15 is 0 Å². The van der Waals surface area contributed by atoms with Crippen LogP contribution in [-0.2, 0) is 11.2 Å². The van der Waals surface area contributed by atoms with Gasteiger partial charge < -0.3 is 15.4 Å². The van der Waals surface area contributed by atoms with E-state index in [1.54, 1.807) is 19.2 Å². The van der Waals surface area contributed by atoms with Gasteiger partial charge in [0.15, 0.2) is 0 Å². The molecule has 2 N–H and O–H groups in total. The lowest BCUT2D eigenvalue weighted by Crippen LogP contribution is -2.43. The zero-order chi connectivity index (χ0) is 18.6. The fourth-order valence-electron chi connectivity index (χ4n) is 2.33. The molecule has 0 unspecified atom stereocenters. The number of rotatable bonds is 6. The molecule has 2 rings (SSSR count). The van der Waals surface area contributed by atoms with Gasteiger partial charge in [0.25, 0.3) is 0 Å². The summed E-state index contributed by atoms with van der Waals surface area (Å²) in [5.41, 5.74) is 6.77. The van der Waals surface area contributed by atoms with Crippen LogP contribution in [0.4, 0.5) is 14.5 Å². The summed E-state index contributed by atoms with van der Waals surface area (Å²) in [4.78, 5) is 17.9. The number of hydrogen-bond acceptors (Lipinski definition) is 4. The van der Waals surface area contributed by atoms with Gasteiger partial charge in [-0.05, 0) is 44.0 Å². The van der Waals surface area contributed by atoms with Gasteiger partial charge in [-0.1, -0.05) is 0 Å². The maximum Gasteiger partial charge on any atom is 0.244 e. The largest absolute Gasteiger partial charge is 0.475 e. The maximum atomic E-state index is 13.2. The number of halogens is 2. The normalized spacial score (nSPS) is 12.1. The molecule has 0 saturated heterocycles. The van der Waals surface area contributed by atoms with Crippen LogP contribution in [0.1, 0.15) is 19.4 Å². The Morgan fingerprint density at radius 3 is 2.40 bits per heavy atom. The molecule has 1 atom stereocenters. The molecule has 0 aliphatic carbocycles. The van der Waals surface area contributed by atoms with Crippen LogP contribution in [0.3, 0.4) is 0 Å². The van der Waals surface area contributed by atoms with Crippen molar-refractivity contribution >= 4 is 11.6 Å². The SMILES string of the molecule is CC(C)Oc1ccc(N(C)C(=O)[C@@H](N)Cc2cc(F)cc(F)c2)cn1. The number of carbonyl (C=O) groups excluding carboxylic acids is 1. The summed E-state index contributed by atoms with van der Waals surface area (Å²) >= 11 is 0. The van der Waals surface area contributed by atoms with E-state index in [0.717, 1.165) is 18.2 Å². The molecule has 0 bridgehead atoms. The molecule has 25 heavy (non-hydrogen) atoms. The molecule has 1 aromatic heterocycles. The first-order chi connectivity index (χ1) is 11.8. The van der Waals surface area contributed by atoms with E-state index < -0.39 is 17.7 Å². The van der Waals surface area contributed by atoms with Crippen LogP contribution in [0.15, 0.2) is 36.5 Å². The average Bonchev–Trinajstić information content (AvgIpc) is 2.52. The number of hydrogen-bond donors (Lipinski definition) is 1. The van der Waals surface area contributed by atoms with Gasteiger partial charge in [0.2, 0.25) is 11.8 Å². The van der Waals surface area contributed by atoms with Crippen LogP contribution < -0.4 is 15.4 Å². The summed E-state index contributed by atoms with van der Waals surface area (Å²) in [6, 6.07) is 5.52. The van der Waals surface area contributed by atoms with E-state index in [9.17, 15) is 13.6 Å². The summed E-state index contributed by atoms with van der Waals surface area (Å²) in [5, 5.41) is 0. The molecule has 134 valence electrons. The minimum atomic E-state index is -0.933. The van der Waals surface area contributed by atoms with Gasteiger partial charge in [-0.15, -0.1) is 0 Å². The van der Waals surface area contributed by atoms with Crippen molar-refractivity contribution in [1.29, 1.82) is 0 Å². The smallest absolute Gasteiger partial charge is 0.244 e. The van der Waals surface area contributed by atoms with E-state index in [0.29, 0.717) is 17.1 Å². The van der Waals surface area contributed by atoms with E-state index in [-0.39, 0.29) is 18.4 Å². The van der Waals surface area contributed by atoms with Crippen LogP contribution in [-0.4, -0.2) is 30.1 Å². The minimum absolute atomic E-state index is 0.00204. The Morgan fingerprint density at radius 2 is 1.88 bits per heavy atom. The van der Waals surface area contributed by atoms with E-state index in [1.165, 1.54) is 11.1 Å². The third-order valence-electron chi connectivity index (χ3n) is 3.49. The fourth-order valence-corrected chi connectivity index (χ4v) is 2.33. The number of amides is 1. The highest BCUT2D eigenvalue weighted by Gasteiger charge is 2.20. The van der Waals surface area contributed by atoms with E-state index in [4.69, 9.17) is 10.5 Å². The van der Waals surface area contributed by atoms with Gasteiger partial charge in [0.1, 0.15) is 11.6 Å². The number of ether oxygens (including phenoxy) is 1. The molecule has 1 aromatic carbocycles. The third kappa shape index (κ3) is 5.22. The minimum Gasteiger partial charge on any atom is -0.475 e. The summed E-state index contributed by atoms with van der Waals surface area (Å²) in [5.74, 6) is -1.33.